The second kappa shape index (κ2) is 5.51. The molecule has 0 aliphatic heterocycles. The normalized spacial score (nSPS) is 20.0. The lowest BCUT2D eigenvalue weighted by Gasteiger charge is -2.35. The molecule has 1 aliphatic carbocycles. The molecule has 2 N–H and O–H groups in total. The molecule has 0 atom stereocenters. The van der Waals surface area contributed by atoms with Gasteiger partial charge in [0.25, 0.3) is 5.91 Å². The highest BCUT2D eigenvalue weighted by molar-refractivity contribution is 7.19. The number of amides is 1. The van der Waals surface area contributed by atoms with E-state index in [0.29, 0.717) is 10.3 Å². The van der Waals surface area contributed by atoms with Crippen LogP contribution in [0.2, 0.25) is 0 Å². The smallest absolute Gasteiger partial charge is 0.280 e. The summed E-state index contributed by atoms with van der Waals surface area (Å²) in [5.41, 5.74) is -0.639. The van der Waals surface area contributed by atoms with E-state index < -0.39 is 17.4 Å². The van der Waals surface area contributed by atoms with Crippen LogP contribution in [0.25, 0.3) is 10.3 Å². The fourth-order valence-electron chi connectivity index (χ4n) is 2.45. The predicted molar refractivity (Wildman–Crippen MR) is 78.1 cm³/mol. The van der Waals surface area contributed by atoms with Crippen LogP contribution in [0, 0.1) is 0 Å². The number of hydrogen-bond donors (Lipinski definition) is 2. The second-order valence-electron chi connectivity index (χ2n) is 5.61. The molecule has 5 nitrogen and oxygen atoms in total. The van der Waals surface area contributed by atoms with Crippen LogP contribution in [0.1, 0.15) is 35.5 Å². The highest BCUT2D eigenvalue weighted by atomic mass is 32.1. The molecule has 2 aromatic heterocycles. The Morgan fingerprint density at radius 1 is 1.36 bits per heavy atom. The van der Waals surface area contributed by atoms with Crippen LogP contribution < -0.4 is 5.32 Å². The SMILES string of the molecule is O=C(NCC1(O)CCC(F)(F)CC1)c1nc2cccnc2s1. The van der Waals surface area contributed by atoms with Crippen LogP contribution >= 0.6 is 11.3 Å². The molecular formula is C14H15F2N3O2S. The van der Waals surface area contributed by atoms with Gasteiger partial charge in [0, 0.05) is 25.6 Å². The molecule has 1 saturated carbocycles. The average molecular weight is 327 g/mol. The Bertz CT molecular complexity index is 661. The van der Waals surface area contributed by atoms with Crippen molar-refractivity contribution < 1.29 is 18.7 Å². The van der Waals surface area contributed by atoms with Crippen LogP contribution in [-0.2, 0) is 0 Å². The summed E-state index contributed by atoms with van der Waals surface area (Å²) in [6.07, 6.45) is 0.853. The Hall–Kier alpha value is -1.67. The van der Waals surface area contributed by atoms with E-state index in [9.17, 15) is 18.7 Å². The lowest BCUT2D eigenvalue weighted by molar-refractivity contribution is -0.101. The fraction of sp³-hybridized carbons (Fsp3) is 0.500. The third-order valence-electron chi connectivity index (χ3n) is 3.85. The topological polar surface area (TPSA) is 75.1 Å². The molecule has 1 aliphatic rings. The van der Waals surface area contributed by atoms with E-state index in [-0.39, 0.29) is 37.2 Å². The third-order valence-corrected chi connectivity index (χ3v) is 4.83. The standard InChI is InChI=1S/C14H15F2N3O2S/c15-14(16)5-3-13(21,4-6-14)8-18-10(20)12-19-9-2-1-7-17-11(9)22-12/h1-2,7,21H,3-6,8H2,(H,18,20). The number of carbonyl (C=O) groups excluding carboxylic acids is 1. The maximum Gasteiger partial charge on any atom is 0.280 e. The zero-order chi connectivity index (χ0) is 15.8. The van der Waals surface area contributed by atoms with Crippen LogP contribution in [0.3, 0.4) is 0 Å². The number of thiazole rings is 1. The molecule has 2 aromatic rings. The van der Waals surface area contributed by atoms with E-state index in [1.165, 1.54) is 0 Å². The van der Waals surface area contributed by atoms with E-state index in [1.807, 2.05) is 0 Å². The Balaban J connectivity index is 1.62. The molecule has 0 radical (unpaired) electrons. The van der Waals surface area contributed by atoms with Crippen molar-refractivity contribution in [2.45, 2.75) is 37.2 Å². The molecule has 118 valence electrons. The number of carbonyl (C=O) groups is 1. The van der Waals surface area contributed by atoms with E-state index in [2.05, 4.69) is 15.3 Å². The van der Waals surface area contributed by atoms with Crippen molar-refractivity contribution in [1.29, 1.82) is 0 Å². The molecule has 2 heterocycles. The minimum absolute atomic E-state index is 0.0261. The maximum absolute atomic E-state index is 13.1. The van der Waals surface area contributed by atoms with Crippen molar-refractivity contribution in [2.24, 2.45) is 0 Å². The molecule has 1 amide bonds. The first-order chi connectivity index (χ1) is 10.4. The van der Waals surface area contributed by atoms with Crippen LogP contribution in [0.5, 0.6) is 0 Å². The molecule has 0 aromatic carbocycles. The largest absolute Gasteiger partial charge is 0.388 e. The van der Waals surface area contributed by atoms with E-state index in [1.54, 1.807) is 18.3 Å². The van der Waals surface area contributed by atoms with Gasteiger partial charge < -0.3 is 10.4 Å². The molecule has 1 fully saturated rings. The monoisotopic (exact) mass is 327 g/mol. The Kier molecular flexibility index (Phi) is 3.82. The highest BCUT2D eigenvalue weighted by Gasteiger charge is 2.42. The predicted octanol–water partition coefficient (Wildman–Crippen LogP) is 2.36. The summed E-state index contributed by atoms with van der Waals surface area (Å²) < 4.78 is 26.2. The van der Waals surface area contributed by atoms with Crippen LogP contribution in [0.15, 0.2) is 18.3 Å². The van der Waals surface area contributed by atoms with Crippen LogP contribution in [-0.4, -0.2) is 39.1 Å². The first-order valence-corrected chi connectivity index (χ1v) is 7.79. The minimum atomic E-state index is -2.71. The van der Waals surface area contributed by atoms with E-state index in [4.69, 9.17) is 0 Å². The average Bonchev–Trinajstić information content (AvgIpc) is 2.93. The lowest BCUT2D eigenvalue weighted by atomic mass is 9.83. The number of rotatable bonds is 3. The van der Waals surface area contributed by atoms with Gasteiger partial charge in [-0.1, -0.05) is 11.3 Å². The molecule has 8 heteroatoms. The number of pyridine rings is 1. The first kappa shape index (κ1) is 15.2. The van der Waals surface area contributed by atoms with Gasteiger partial charge in [-0.05, 0) is 25.0 Å². The van der Waals surface area contributed by atoms with Gasteiger partial charge in [0.05, 0.1) is 5.60 Å². The van der Waals surface area contributed by atoms with Gasteiger partial charge in [-0.2, -0.15) is 0 Å². The van der Waals surface area contributed by atoms with Crippen molar-refractivity contribution in [2.75, 3.05) is 6.54 Å². The minimum Gasteiger partial charge on any atom is -0.388 e. The van der Waals surface area contributed by atoms with Gasteiger partial charge in [-0.3, -0.25) is 4.79 Å². The van der Waals surface area contributed by atoms with Crippen molar-refractivity contribution >= 4 is 27.6 Å². The van der Waals surface area contributed by atoms with Gasteiger partial charge in [-0.15, -0.1) is 0 Å². The molecular weight excluding hydrogens is 312 g/mol. The highest BCUT2D eigenvalue weighted by Crippen LogP contribution is 2.38. The zero-order valence-corrected chi connectivity index (χ0v) is 12.5. The van der Waals surface area contributed by atoms with Gasteiger partial charge >= 0.3 is 0 Å². The number of alkyl halides is 2. The molecule has 0 spiro atoms. The van der Waals surface area contributed by atoms with Gasteiger partial charge in [0.15, 0.2) is 5.01 Å². The lowest BCUT2D eigenvalue weighted by Crippen LogP contribution is -2.47. The molecule has 0 bridgehead atoms. The van der Waals surface area contributed by atoms with Crippen molar-refractivity contribution in [1.82, 2.24) is 15.3 Å². The molecule has 0 saturated heterocycles. The number of halogens is 2. The Labute approximate surface area is 129 Å². The number of fused-ring (bicyclic) bond motifs is 1. The molecule has 22 heavy (non-hydrogen) atoms. The van der Waals surface area contributed by atoms with Gasteiger partial charge in [0.1, 0.15) is 10.3 Å². The first-order valence-electron chi connectivity index (χ1n) is 6.97. The zero-order valence-electron chi connectivity index (χ0n) is 11.7. The third kappa shape index (κ3) is 3.22. The summed E-state index contributed by atoms with van der Waals surface area (Å²) in [5.74, 6) is -3.14. The second-order valence-corrected chi connectivity index (χ2v) is 6.59. The van der Waals surface area contributed by atoms with Crippen molar-refractivity contribution in [3.8, 4) is 0 Å². The maximum atomic E-state index is 13.1. The van der Waals surface area contributed by atoms with Gasteiger partial charge in [0.2, 0.25) is 5.92 Å². The quantitative estimate of drug-likeness (QED) is 0.907. The molecule has 3 rings (SSSR count). The van der Waals surface area contributed by atoms with Crippen molar-refractivity contribution in [3.05, 3.63) is 23.3 Å². The fourth-order valence-corrected chi connectivity index (χ4v) is 3.27. The number of nitrogens with one attached hydrogen (secondary N) is 1. The summed E-state index contributed by atoms with van der Waals surface area (Å²) in [7, 11) is 0. The number of aliphatic hydroxyl groups is 1. The van der Waals surface area contributed by atoms with Gasteiger partial charge in [-0.25, -0.2) is 18.7 Å². The molecule has 0 unspecified atom stereocenters. The Morgan fingerprint density at radius 3 is 2.77 bits per heavy atom. The number of hydrogen-bond acceptors (Lipinski definition) is 5. The summed E-state index contributed by atoms with van der Waals surface area (Å²) in [6, 6.07) is 3.49. The Morgan fingerprint density at radius 2 is 2.09 bits per heavy atom. The summed E-state index contributed by atoms with van der Waals surface area (Å²) in [4.78, 5) is 21.0. The summed E-state index contributed by atoms with van der Waals surface area (Å²) in [6.45, 7) is -0.0503. The van der Waals surface area contributed by atoms with E-state index in [0.717, 1.165) is 11.3 Å². The number of aromatic nitrogens is 2. The summed E-state index contributed by atoms with van der Waals surface area (Å²) in [5, 5.41) is 13.1. The van der Waals surface area contributed by atoms with E-state index >= 15 is 0 Å². The summed E-state index contributed by atoms with van der Waals surface area (Å²) >= 11 is 1.15. The number of nitrogens with zero attached hydrogens (tertiary/aromatic N) is 2. The van der Waals surface area contributed by atoms with Crippen LogP contribution in [0.4, 0.5) is 8.78 Å². The van der Waals surface area contributed by atoms with Crippen molar-refractivity contribution in [3.63, 3.8) is 0 Å².